The molecule has 1 aromatic carbocycles. The molecular weight excluding hydrogens is 430 g/mol. The lowest BCUT2D eigenvalue weighted by Gasteiger charge is -2.35. The first-order valence-electron chi connectivity index (χ1n) is 10.6. The molecule has 1 amide bonds. The van der Waals surface area contributed by atoms with Crippen LogP contribution in [0.3, 0.4) is 0 Å². The fourth-order valence-electron chi connectivity index (χ4n) is 4.69. The summed E-state index contributed by atoms with van der Waals surface area (Å²) in [7, 11) is -3.63. The van der Waals surface area contributed by atoms with Gasteiger partial charge in [0, 0.05) is 56.6 Å². The minimum Gasteiger partial charge on any atom is -0.354 e. The van der Waals surface area contributed by atoms with Gasteiger partial charge in [0.05, 0.1) is 4.90 Å². The average Bonchev–Trinajstić information content (AvgIpc) is 3.35. The Hall–Kier alpha value is -3.05. The predicted octanol–water partition coefficient (Wildman–Crippen LogP) is 1.24. The van der Waals surface area contributed by atoms with Crippen molar-refractivity contribution in [2.24, 2.45) is 0 Å². The number of anilines is 2. The van der Waals surface area contributed by atoms with Crippen molar-refractivity contribution in [2.45, 2.75) is 38.1 Å². The van der Waals surface area contributed by atoms with Crippen LogP contribution in [0.4, 0.5) is 11.5 Å². The third-order valence-corrected chi connectivity index (χ3v) is 8.06. The molecule has 2 aliphatic heterocycles. The third-order valence-electron chi connectivity index (χ3n) is 6.17. The van der Waals surface area contributed by atoms with Gasteiger partial charge in [-0.3, -0.25) is 4.79 Å². The molecule has 0 saturated carbocycles. The summed E-state index contributed by atoms with van der Waals surface area (Å²) in [6.45, 7) is 7.23. The average molecular weight is 456 g/mol. The summed E-state index contributed by atoms with van der Waals surface area (Å²) in [5.41, 5.74) is 2.54. The van der Waals surface area contributed by atoms with E-state index in [9.17, 15) is 13.2 Å². The van der Waals surface area contributed by atoms with Crippen molar-refractivity contribution in [3.63, 3.8) is 0 Å². The van der Waals surface area contributed by atoms with Crippen LogP contribution in [0.2, 0.25) is 0 Å². The standard InChI is InChI=1S/C21H25N7O3S/c1-14-10-20(28-21(24-14)22-13-23-28)25-6-8-26(9-7-25)32(30,31)18-4-5-19-17(12-18)11-15(2)27(19)16(3)29/h4-5,10,12-13,15H,6-9,11H2,1-3H3. The number of aryl methyl sites for hydroxylation is 1. The minimum absolute atomic E-state index is 0.0291. The molecule has 3 aromatic rings. The van der Waals surface area contributed by atoms with Gasteiger partial charge < -0.3 is 9.80 Å². The molecule has 0 bridgehead atoms. The van der Waals surface area contributed by atoms with Crippen molar-refractivity contribution in [2.75, 3.05) is 36.0 Å². The zero-order chi connectivity index (χ0) is 22.6. The Balaban J connectivity index is 1.36. The fraction of sp³-hybridized carbons (Fsp3) is 0.429. The van der Waals surface area contributed by atoms with E-state index >= 15 is 0 Å². The molecule has 10 nitrogen and oxygen atoms in total. The summed E-state index contributed by atoms with van der Waals surface area (Å²) in [4.78, 5) is 24.6. The van der Waals surface area contributed by atoms with Crippen LogP contribution in [0.5, 0.6) is 0 Å². The van der Waals surface area contributed by atoms with Crippen molar-refractivity contribution in [3.05, 3.63) is 41.9 Å². The Labute approximate surface area is 186 Å². The van der Waals surface area contributed by atoms with Crippen LogP contribution in [0.25, 0.3) is 5.78 Å². The first-order chi connectivity index (χ1) is 15.3. The lowest BCUT2D eigenvalue weighted by molar-refractivity contribution is -0.116. The molecule has 1 unspecified atom stereocenters. The number of carbonyl (C=O) groups excluding carboxylic acids is 1. The van der Waals surface area contributed by atoms with Gasteiger partial charge in [-0.1, -0.05) is 0 Å². The number of aromatic nitrogens is 4. The predicted molar refractivity (Wildman–Crippen MR) is 119 cm³/mol. The number of hydrogen-bond acceptors (Lipinski definition) is 7. The smallest absolute Gasteiger partial charge is 0.254 e. The lowest BCUT2D eigenvalue weighted by Crippen LogP contribution is -2.49. The number of nitrogens with zero attached hydrogens (tertiary/aromatic N) is 7. The molecular formula is C21H25N7O3S. The second-order valence-electron chi connectivity index (χ2n) is 8.35. The zero-order valence-electron chi connectivity index (χ0n) is 18.3. The Morgan fingerprint density at radius 3 is 2.59 bits per heavy atom. The van der Waals surface area contributed by atoms with E-state index in [4.69, 9.17) is 0 Å². The molecule has 2 aromatic heterocycles. The molecule has 0 N–H and O–H groups in total. The molecule has 0 aliphatic carbocycles. The summed E-state index contributed by atoms with van der Waals surface area (Å²) in [5, 5.41) is 4.25. The second kappa shape index (κ2) is 7.52. The Morgan fingerprint density at radius 1 is 1.12 bits per heavy atom. The van der Waals surface area contributed by atoms with Crippen molar-refractivity contribution >= 4 is 33.2 Å². The van der Waals surface area contributed by atoms with Gasteiger partial charge in [0.2, 0.25) is 15.9 Å². The van der Waals surface area contributed by atoms with E-state index < -0.39 is 10.0 Å². The van der Waals surface area contributed by atoms with E-state index in [1.807, 2.05) is 19.9 Å². The molecule has 1 atom stereocenters. The number of fused-ring (bicyclic) bond motifs is 2. The van der Waals surface area contributed by atoms with Crippen LogP contribution < -0.4 is 9.80 Å². The highest BCUT2D eigenvalue weighted by atomic mass is 32.2. The van der Waals surface area contributed by atoms with Gasteiger partial charge in [-0.15, -0.1) is 0 Å². The number of rotatable bonds is 3. The van der Waals surface area contributed by atoms with E-state index in [1.54, 1.807) is 27.6 Å². The molecule has 5 rings (SSSR count). The van der Waals surface area contributed by atoms with Crippen LogP contribution in [0.1, 0.15) is 25.1 Å². The summed E-state index contributed by atoms with van der Waals surface area (Å²) >= 11 is 0. The first kappa shape index (κ1) is 20.8. The number of sulfonamides is 1. The number of hydrogen-bond donors (Lipinski definition) is 0. The van der Waals surface area contributed by atoms with Gasteiger partial charge in [0.1, 0.15) is 12.1 Å². The number of amides is 1. The molecule has 0 spiro atoms. The van der Waals surface area contributed by atoms with Gasteiger partial charge >= 0.3 is 0 Å². The highest BCUT2D eigenvalue weighted by molar-refractivity contribution is 7.89. The second-order valence-corrected chi connectivity index (χ2v) is 10.3. The summed E-state index contributed by atoms with van der Waals surface area (Å²) in [6.07, 6.45) is 2.12. The van der Waals surface area contributed by atoms with E-state index in [-0.39, 0.29) is 16.8 Å². The Morgan fingerprint density at radius 2 is 1.88 bits per heavy atom. The Kier molecular flexibility index (Phi) is 4.90. The van der Waals surface area contributed by atoms with E-state index in [0.717, 1.165) is 22.8 Å². The highest BCUT2D eigenvalue weighted by Crippen LogP contribution is 2.34. The number of carbonyl (C=O) groups is 1. The molecule has 168 valence electrons. The number of benzene rings is 1. The van der Waals surface area contributed by atoms with Gasteiger partial charge in [0.25, 0.3) is 5.78 Å². The van der Waals surface area contributed by atoms with Crippen molar-refractivity contribution < 1.29 is 13.2 Å². The van der Waals surface area contributed by atoms with Gasteiger partial charge in [-0.05, 0) is 44.0 Å². The van der Waals surface area contributed by atoms with Crippen LogP contribution in [0.15, 0.2) is 35.5 Å². The molecule has 4 heterocycles. The van der Waals surface area contributed by atoms with Crippen LogP contribution >= 0.6 is 0 Å². The van der Waals surface area contributed by atoms with Gasteiger partial charge in [-0.25, -0.2) is 13.4 Å². The largest absolute Gasteiger partial charge is 0.354 e. The minimum atomic E-state index is -3.63. The van der Waals surface area contributed by atoms with Crippen LogP contribution in [0, 0.1) is 6.92 Å². The number of piperazine rings is 1. The van der Waals surface area contributed by atoms with E-state index in [1.165, 1.54) is 17.6 Å². The molecule has 32 heavy (non-hydrogen) atoms. The maximum absolute atomic E-state index is 13.3. The third kappa shape index (κ3) is 3.32. The zero-order valence-corrected chi connectivity index (χ0v) is 19.1. The maximum atomic E-state index is 13.3. The lowest BCUT2D eigenvalue weighted by atomic mass is 10.1. The van der Waals surface area contributed by atoms with Crippen LogP contribution in [-0.2, 0) is 21.2 Å². The van der Waals surface area contributed by atoms with E-state index in [2.05, 4.69) is 20.0 Å². The SMILES string of the molecule is CC(=O)N1c2ccc(S(=O)(=O)N3CCN(c4cc(C)nc5ncnn45)CC3)cc2CC1C. The maximum Gasteiger partial charge on any atom is 0.254 e. The molecule has 0 radical (unpaired) electrons. The monoisotopic (exact) mass is 455 g/mol. The van der Waals surface area contributed by atoms with Crippen molar-refractivity contribution in [1.29, 1.82) is 0 Å². The first-order valence-corrected chi connectivity index (χ1v) is 12.0. The molecule has 11 heteroatoms. The summed E-state index contributed by atoms with van der Waals surface area (Å²) < 4.78 is 29.9. The molecule has 1 fully saturated rings. The molecule has 1 saturated heterocycles. The summed E-state index contributed by atoms with van der Waals surface area (Å²) in [5.74, 6) is 1.36. The quantitative estimate of drug-likeness (QED) is 0.585. The highest BCUT2D eigenvalue weighted by Gasteiger charge is 2.33. The van der Waals surface area contributed by atoms with Crippen LogP contribution in [-0.4, -0.2) is 70.4 Å². The van der Waals surface area contributed by atoms with Crippen molar-refractivity contribution in [1.82, 2.24) is 23.9 Å². The van der Waals surface area contributed by atoms with Gasteiger partial charge in [-0.2, -0.15) is 18.9 Å². The van der Waals surface area contributed by atoms with E-state index in [0.29, 0.717) is 38.4 Å². The molecule has 2 aliphatic rings. The van der Waals surface area contributed by atoms with Gasteiger partial charge in [0.15, 0.2) is 0 Å². The Bertz CT molecular complexity index is 1310. The fourth-order valence-corrected chi connectivity index (χ4v) is 6.16. The van der Waals surface area contributed by atoms with Crippen molar-refractivity contribution in [3.8, 4) is 0 Å². The normalized spacial score (nSPS) is 19.5. The topological polar surface area (TPSA) is 104 Å². The summed E-state index contributed by atoms with van der Waals surface area (Å²) in [6, 6.07) is 7.06.